The molecular weight excluding hydrogens is 432 g/mol. The second-order valence-electron chi connectivity index (χ2n) is 8.70. The van der Waals surface area contributed by atoms with Crippen LogP contribution in [0, 0.1) is 6.92 Å². The van der Waals surface area contributed by atoms with Gasteiger partial charge in [-0.1, -0.05) is 13.8 Å². The number of amides is 1. The molecule has 0 radical (unpaired) electrons. The van der Waals surface area contributed by atoms with E-state index in [-0.39, 0.29) is 12.5 Å². The van der Waals surface area contributed by atoms with Crippen LogP contribution in [-0.2, 0) is 11.3 Å². The zero-order valence-corrected chi connectivity index (χ0v) is 20.9. The lowest BCUT2D eigenvalue weighted by Crippen LogP contribution is -2.30. The maximum atomic E-state index is 12.7. The number of fused-ring (bicyclic) bond motifs is 1. The summed E-state index contributed by atoms with van der Waals surface area (Å²) in [7, 11) is 1.85. The van der Waals surface area contributed by atoms with Crippen molar-refractivity contribution < 1.29 is 18.7 Å². The zero-order chi connectivity index (χ0) is 24.8. The van der Waals surface area contributed by atoms with Gasteiger partial charge in [-0.2, -0.15) is 0 Å². The third-order valence-electron chi connectivity index (χ3n) is 5.52. The summed E-state index contributed by atoms with van der Waals surface area (Å²) < 4.78 is 16.7. The highest BCUT2D eigenvalue weighted by Crippen LogP contribution is 2.31. The van der Waals surface area contributed by atoms with Crippen LogP contribution in [0.4, 0.5) is 5.69 Å². The van der Waals surface area contributed by atoms with Gasteiger partial charge in [0.25, 0.3) is 0 Å². The van der Waals surface area contributed by atoms with Crippen molar-refractivity contribution in [3.05, 3.63) is 63.5 Å². The smallest absolute Gasteiger partial charge is 0.336 e. The van der Waals surface area contributed by atoms with E-state index in [2.05, 4.69) is 25.2 Å². The predicted molar refractivity (Wildman–Crippen MR) is 135 cm³/mol. The van der Waals surface area contributed by atoms with Crippen molar-refractivity contribution in [3.8, 4) is 11.5 Å². The fraction of sp³-hybridized carbons (Fsp3) is 0.407. The van der Waals surface area contributed by atoms with E-state index in [1.54, 1.807) is 18.2 Å². The van der Waals surface area contributed by atoms with E-state index in [1.165, 1.54) is 11.6 Å². The molecule has 0 saturated heterocycles. The molecule has 2 aromatic carbocycles. The first-order valence-corrected chi connectivity index (χ1v) is 11.7. The average molecular weight is 467 g/mol. The zero-order valence-electron chi connectivity index (χ0n) is 20.9. The average Bonchev–Trinajstić information content (AvgIpc) is 2.74. The van der Waals surface area contributed by atoms with Gasteiger partial charge in [0.1, 0.15) is 5.58 Å². The van der Waals surface area contributed by atoms with Crippen molar-refractivity contribution in [2.75, 3.05) is 32.1 Å². The minimum Gasteiger partial charge on any atom is -0.490 e. The molecule has 1 aromatic heterocycles. The fourth-order valence-electron chi connectivity index (χ4n) is 4.07. The van der Waals surface area contributed by atoms with E-state index in [0.29, 0.717) is 48.4 Å². The van der Waals surface area contributed by atoms with E-state index in [1.807, 2.05) is 38.8 Å². The standard InChI is InChI=1S/C27H34N2O5/c1-7-32-23-10-9-20(13-25(23)33-8-2)28-26(30)16-29(6)15-19-12-27(31)34-24-11-18(5)21(17(3)4)14-22(19)24/h9-14,17H,7-8,15-16H2,1-6H3,(H,28,30). The first-order valence-electron chi connectivity index (χ1n) is 11.7. The summed E-state index contributed by atoms with van der Waals surface area (Å²) in [6.45, 7) is 11.7. The van der Waals surface area contributed by atoms with Gasteiger partial charge in [0, 0.05) is 29.8 Å². The Hall–Kier alpha value is -3.32. The lowest BCUT2D eigenvalue weighted by Gasteiger charge is -2.19. The Balaban J connectivity index is 1.75. The minimum atomic E-state index is -0.394. The number of rotatable bonds is 10. The van der Waals surface area contributed by atoms with E-state index in [9.17, 15) is 9.59 Å². The van der Waals surface area contributed by atoms with Crippen LogP contribution in [0.3, 0.4) is 0 Å². The van der Waals surface area contributed by atoms with Crippen LogP contribution in [0.1, 0.15) is 50.3 Å². The molecule has 1 amide bonds. The first kappa shape index (κ1) is 25.3. The van der Waals surface area contributed by atoms with Gasteiger partial charge in [-0.3, -0.25) is 9.69 Å². The Morgan fingerprint density at radius 3 is 2.44 bits per heavy atom. The van der Waals surface area contributed by atoms with Crippen LogP contribution in [-0.4, -0.2) is 37.6 Å². The van der Waals surface area contributed by atoms with Crippen LogP contribution < -0.4 is 20.4 Å². The Labute approximate surface area is 200 Å². The van der Waals surface area contributed by atoms with Crippen LogP contribution in [0.25, 0.3) is 11.0 Å². The normalized spacial score (nSPS) is 11.3. The highest BCUT2D eigenvalue weighted by molar-refractivity contribution is 5.92. The molecule has 1 heterocycles. The molecule has 0 aliphatic rings. The third-order valence-corrected chi connectivity index (χ3v) is 5.52. The monoisotopic (exact) mass is 466 g/mol. The van der Waals surface area contributed by atoms with E-state index >= 15 is 0 Å². The van der Waals surface area contributed by atoms with Crippen LogP contribution >= 0.6 is 0 Å². The first-order chi connectivity index (χ1) is 16.2. The minimum absolute atomic E-state index is 0.155. The fourth-order valence-corrected chi connectivity index (χ4v) is 4.07. The van der Waals surface area contributed by atoms with E-state index in [4.69, 9.17) is 13.9 Å². The number of carbonyl (C=O) groups excluding carboxylic acids is 1. The molecule has 34 heavy (non-hydrogen) atoms. The summed E-state index contributed by atoms with van der Waals surface area (Å²) in [6.07, 6.45) is 0. The molecule has 0 unspecified atom stereocenters. The summed E-state index contributed by atoms with van der Waals surface area (Å²) in [5.74, 6) is 1.42. The number of anilines is 1. The van der Waals surface area contributed by atoms with Crippen LogP contribution in [0.15, 0.2) is 45.6 Å². The number of nitrogens with one attached hydrogen (secondary N) is 1. The Morgan fingerprint density at radius 1 is 1.06 bits per heavy atom. The topological polar surface area (TPSA) is 81.0 Å². The molecule has 7 heteroatoms. The maximum absolute atomic E-state index is 12.7. The van der Waals surface area contributed by atoms with Crippen LogP contribution in [0.5, 0.6) is 11.5 Å². The van der Waals surface area contributed by atoms with E-state index < -0.39 is 5.63 Å². The summed E-state index contributed by atoms with van der Waals surface area (Å²) in [6, 6.07) is 10.9. The number of ether oxygens (including phenoxy) is 2. The Kier molecular flexibility index (Phi) is 8.34. The van der Waals surface area contributed by atoms with Crippen molar-refractivity contribution >= 4 is 22.6 Å². The second kappa shape index (κ2) is 11.2. The van der Waals surface area contributed by atoms with Crippen molar-refractivity contribution in [3.63, 3.8) is 0 Å². The quantitative estimate of drug-likeness (QED) is 0.419. The van der Waals surface area contributed by atoms with Gasteiger partial charge in [0.05, 0.1) is 19.8 Å². The molecule has 1 N–H and O–H groups in total. The molecule has 0 aliphatic carbocycles. The van der Waals surface area contributed by atoms with Gasteiger partial charge in [-0.25, -0.2) is 4.79 Å². The van der Waals surface area contributed by atoms with Gasteiger partial charge in [-0.05, 0) is 74.7 Å². The Bertz CT molecular complexity index is 1220. The van der Waals surface area contributed by atoms with Crippen LogP contribution in [0.2, 0.25) is 0 Å². The van der Waals surface area contributed by atoms with Gasteiger partial charge in [0.2, 0.25) is 5.91 Å². The molecule has 7 nitrogen and oxygen atoms in total. The molecular formula is C27H34N2O5. The largest absolute Gasteiger partial charge is 0.490 e. The Morgan fingerprint density at radius 2 is 1.76 bits per heavy atom. The summed E-state index contributed by atoms with van der Waals surface area (Å²) in [5, 5.41) is 3.81. The lowest BCUT2D eigenvalue weighted by atomic mass is 9.95. The number of hydrogen-bond acceptors (Lipinski definition) is 6. The summed E-state index contributed by atoms with van der Waals surface area (Å²) >= 11 is 0. The highest BCUT2D eigenvalue weighted by atomic mass is 16.5. The summed E-state index contributed by atoms with van der Waals surface area (Å²) in [4.78, 5) is 26.7. The number of likely N-dealkylation sites (N-methyl/N-ethyl adjacent to an activating group) is 1. The number of hydrogen-bond donors (Lipinski definition) is 1. The number of carbonyl (C=O) groups is 1. The SMILES string of the molecule is CCOc1ccc(NC(=O)CN(C)Cc2cc(=O)oc3cc(C)c(C(C)C)cc23)cc1OCC. The number of aryl methyl sites for hydroxylation is 1. The van der Waals surface area contributed by atoms with Crippen molar-refractivity contribution in [2.24, 2.45) is 0 Å². The number of benzene rings is 2. The molecule has 0 atom stereocenters. The van der Waals surface area contributed by atoms with Gasteiger partial charge >= 0.3 is 5.63 Å². The molecule has 0 saturated carbocycles. The molecule has 0 aliphatic heterocycles. The summed E-state index contributed by atoms with van der Waals surface area (Å²) in [5.41, 5.74) is 3.95. The van der Waals surface area contributed by atoms with E-state index in [0.717, 1.165) is 16.5 Å². The molecule has 0 spiro atoms. The van der Waals surface area contributed by atoms with Crippen molar-refractivity contribution in [1.29, 1.82) is 0 Å². The van der Waals surface area contributed by atoms with Crippen molar-refractivity contribution in [1.82, 2.24) is 4.90 Å². The number of nitrogens with zero attached hydrogens (tertiary/aromatic N) is 1. The second-order valence-corrected chi connectivity index (χ2v) is 8.70. The molecule has 0 fully saturated rings. The molecule has 3 rings (SSSR count). The molecule has 3 aromatic rings. The predicted octanol–water partition coefficient (Wildman–Crippen LogP) is 5.09. The molecule has 182 valence electrons. The maximum Gasteiger partial charge on any atom is 0.336 e. The third kappa shape index (κ3) is 6.17. The van der Waals surface area contributed by atoms with Crippen molar-refractivity contribution in [2.45, 2.75) is 47.1 Å². The van der Waals surface area contributed by atoms with Gasteiger partial charge in [0.15, 0.2) is 11.5 Å². The highest BCUT2D eigenvalue weighted by Gasteiger charge is 2.15. The van der Waals surface area contributed by atoms with Gasteiger partial charge in [-0.15, -0.1) is 0 Å². The lowest BCUT2D eigenvalue weighted by molar-refractivity contribution is -0.117. The van der Waals surface area contributed by atoms with Gasteiger partial charge < -0.3 is 19.2 Å². The molecule has 0 bridgehead atoms.